The molecular weight excluding hydrogens is 1210 g/mol. The van der Waals surface area contributed by atoms with E-state index in [0.717, 1.165) is 4.90 Å². The van der Waals surface area contributed by atoms with E-state index in [1.165, 1.54) is 92.6 Å². The van der Waals surface area contributed by atoms with Crippen LogP contribution in [0.4, 0.5) is 0 Å². The van der Waals surface area contributed by atoms with E-state index in [2.05, 4.69) is 10.6 Å². The normalized spacial score (nSPS) is 28.1. The van der Waals surface area contributed by atoms with E-state index in [0.29, 0.717) is 19.8 Å². The second-order valence-electron chi connectivity index (χ2n) is 29.4. The summed E-state index contributed by atoms with van der Waals surface area (Å²) >= 11 is 0. The molecule has 538 valence electrons. The van der Waals surface area contributed by atoms with Crippen molar-refractivity contribution in [2.45, 2.75) is 242 Å². The Bertz CT molecular complexity index is 2570. The minimum absolute atomic E-state index is 0.0745. The van der Waals surface area contributed by atoms with Crippen LogP contribution in [0.15, 0.2) is 0 Å². The smallest absolute Gasteiger partial charge is 0.246 e. The lowest BCUT2D eigenvalue weighted by Gasteiger charge is -2.42. The van der Waals surface area contributed by atoms with Gasteiger partial charge in [0.25, 0.3) is 0 Å². The molecule has 2 unspecified atom stereocenters. The summed E-state index contributed by atoms with van der Waals surface area (Å²) in [6.45, 7) is 31.3. The van der Waals surface area contributed by atoms with E-state index < -0.39 is 167 Å². The first-order valence-electron chi connectivity index (χ1n) is 34.5. The lowest BCUT2D eigenvalue weighted by Crippen LogP contribution is -2.62. The highest BCUT2D eigenvalue weighted by Crippen LogP contribution is 2.30. The number of carbonyl (C=O) groups excluding carboxylic acids is 12. The van der Waals surface area contributed by atoms with Crippen molar-refractivity contribution in [2.75, 3.05) is 75.7 Å². The highest BCUT2D eigenvalue weighted by atomic mass is 16.6. The molecule has 0 aromatic rings. The van der Waals surface area contributed by atoms with Crippen LogP contribution in [0, 0.1) is 59.2 Å². The molecule has 2 heterocycles. The highest BCUT2D eigenvalue weighted by molar-refractivity contribution is 6.00. The fraction of sp³-hybridized carbons (Fsp3) is 0.829. The molecule has 2 fully saturated rings. The van der Waals surface area contributed by atoms with Crippen molar-refractivity contribution in [3.63, 3.8) is 0 Å². The predicted octanol–water partition coefficient (Wildman–Crippen LogP) is 5.27. The molecule has 0 spiro atoms. The molecule has 2 aliphatic rings. The van der Waals surface area contributed by atoms with E-state index in [1.807, 2.05) is 41.5 Å². The van der Waals surface area contributed by atoms with Gasteiger partial charge < -0.3 is 59.5 Å². The number of aliphatic hydroxyl groups excluding tert-OH is 1. The topological polar surface area (TPSA) is 290 Å². The van der Waals surface area contributed by atoms with Crippen molar-refractivity contribution >= 4 is 70.5 Å². The van der Waals surface area contributed by atoms with Crippen LogP contribution in [0.3, 0.4) is 0 Å². The van der Waals surface area contributed by atoms with E-state index in [-0.39, 0.29) is 94.1 Å². The molecule has 0 radical (unpaired) electrons. The van der Waals surface area contributed by atoms with Crippen molar-refractivity contribution in [1.29, 1.82) is 0 Å². The molecule has 14 atom stereocenters. The number of Topliss-reactive ketones (excluding diaryl/α,β-unsaturated/α-hetero) is 3. The third-order valence-corrected chi connectivity index (χ3v) is 19.1. The molecule has 24 nitrogen and oxygen atoms in total. The number of ether oxygens (including phenoxy) is 2. The van der Waals surface area contributed by atoms with Gasteiger partial charge in [-0.15, -0.1) is 0 Å². The summed E-state index contributed by atoms with van der Waals surface area (Å²) < 4.78 is 11.1. The number of hydrogen-bond acceptors (Lipinski definition) is 15. The number of likely N-dealkylation sites (N-methyl/N-ethyl adjacent to an activating group) is 7. The third kappa shape index (κ3) is 23.5. The maximum atomic E-state index is 15.4. The molecule has 0 aromatic carbocycles. The lowest BCUT2D eigenvalue weighted by atomic mass is 9.84. The first kappa shape index (κ1) is 84.2. The molecule has 94 heavy (non-hydrogen) atoms. The van der Waals surface area contributed by atoms with E-state index >= 15 is 19.2 Å². The molecule has 24 heteroatoms. The van der Waals surface area contributed by atoms with Crippen LogP contribution in [0.5, 0.6) is 0 Å². The molecule has 2 aliphatic heterocycles. The summed E-state index contributed by atoms with van der Waals surface area (Å²) in [4.78, 5) is 185. The first-order valence-corrected chi connectivity index (χ1v) is 34.5. The van der Waals surface area contributed by atoms with Gasteiger partial charge in [-0.2, -0.15) is 0 Å². The average molecular weight is 1330 g/mol. The van der Waals surface area contributed by atoms with Gasteiger partial charge in [0.1, 0.15) is 36.3 Å². The van der Waals surface area contributed by atoms with Gasteiger partial charge in [0.05, 0.1) is 44.1 Å². The second-order valence-corrected chi connectivity index (χ2v) is 29.4. The van der Waals surface area contributed by atoms with Crippen LogP contribution in [0.2, 0.25) is 0 Å². The molecule has 0 aliphatic carbocycles. The Morgan fingerprint density at radius 2 is 1.00 bits per heavy atom. The fourth-order valence-electron chi connectivity index (χ4n) is 13.0. The van der Waals surface area contributed by atoms with Crippen LogP contribution in [-0.4, -0.2) is 246 Å². The van der Waals surface area contributed by atoms with Crippen molar-refractivity contribution in [3.05, 3.63) is 0 Å². The number of nitrogens with one attached hydrogen (secondary N) is 2. The van der Waals surface area contributed by atoms with E-state index in [1.54, 1.807) is 62.3 Å². The quantitative estimate of drug-likeness (QED) is 0.157. The molecule has 0 bridgehead atoms. The summed E-state index contributed by atoms with van der Waals surface area (Å²) in [5.41, 5.74) is 0. The summed E-state index contributed by atoms with van der Waals surface area (Å²) in [5, 5.41) is 18.1. The maximum absolute atomic E-state index is 15.4. The Morgan fingerprint density at radius 3 is 1.48 bits per heavy atom. The summed E-state index contributed by atoms with van der Waals surface area (Å²) in [6, 6.07) is -9.64. The molecule has 9 amide bonds. The van der Waals surface area contributed by atoms with E-state index in [4.69, 9.17) is 9.47 Å². The van der Waals surface area contributed by atoms with Gasteiger partial charge in [-0.3, -0.25) is 57.5 Å². The van der Waals surface area contributed by atoms with Crippen LogP contribution < -0.4 is 10.6 Å². The third-order valence-electron chi connectivity index (χ3n) is 19.1. The average Bonchev–Trinajstić information content (AvgIpc) is 0.818. The van der Waals surface area contributed by atoms with Crippen molar-refractivity contribution in [1.82, 2.24) is 44.9 Å². The summed E-state index contributed by atoms with van der Waals surface area (Å²) in [5.74, 6) is -12.2. The molecule has 3 N–H and O–H groups in total. The van der Waals surface area contributed by atoms with Crippen LogP contribution in [0.1, 0.15) is 182 Å². The Balaban J connectivity index is 2.95. The zero-order chi connectivity index (χ0) is 72.2. The monoisotopic (exact) mass is 1330 g/mol. The van der Waals surface area contributed by atoms with Gasteiger partial charge in [-0.25, -0.2) is 0 Å². The molecule has 0 saturated carbocycles. The number of nitrogens with zero attached hydrogens (tertiary/aromatic N) is 7. The number of hydrogen-bond donors (Lipinski definition) is 3. The maximum Gasteiger partial charge on any atom is 0.246 e. The number of aliphatic hydroxyl groups is 1. The molecule has 0 aromatic heterocycles. The van der Waals surface area contributed by atoms with Crippen molar-refractivity contribution in [2.24, 2.45) is 59.2 Å². The number of ketones is 3. The Morgan fingerprint density at radius 1 is 0.532 bits per heavy atom. The number of rotatable bonds is 18. The van der Waals surface area contributed by atoms with Gasteiger partial charge in [-0.05, 0) is 93.8 Å². The minimum Gasteiger partial charge on any atom is -0.390 e. The first-order chi connectivity index (χ1) is 43.6. The number of amides is 9. The van der Waals surface area contributed by atoms with Crippen LogP contribution >= 0.6 is 0 Å². The zero-order valence-electron chi connectivity index (χ0n) is 61.7. The fourth-order valence-corrected chi connectivity index (χ4v) is 13.0. The SMILES string of the molecule is CC[C@H]1CC(=O)[C@@H]([C@H](O)[C@H](C)CCCC(=O)NCC2COCCO2)N(C)C(=O)[C@@H](C(C)C)N(C)C(=O)[C@@H](CC(C)C)N(C)C(=O)C(C(C)C)N(C)C(=O)[C@H](C)NC(=O)[C@@H](C)CC(=O)[C@@H](CC(C)C)N(C)C(=O)[C@@H](C(C)C)CC(=O)[C@H](CC(C)C)N(C)C(=O)[C@@H](C)N(C)C1=O. The van der Waals surface area contributed by atoms with Gasteiger partial charge in [-0.1, -0.05) is 104 Å². The minimum atomic E-state index is -1.60. The van der Waals surface area contributed by atoms with E-state index in [9.17, 15) is 43.5 Å². The predicted molar refractivity (Wildman–Crippen MR) is 360 cm³/mol. The van der Waals surface area contributed by atoms with Gasteiger partial charge in [0, 0.05) is 99.3 Å². The summed E-state index contributed by atoms with van der Waals surface area (Å²) in [7, 11) is 10.1. The van der Waals surface area contributed by atoms with Crippen molar-refractivity contribution < 1.29 is 72.1 Å². The van der Waals surface area contributed by atoms with Gasteiger partial charge >= 0.3 is 0 Å². The molecular formula is C70H123N9O15. The molecule has 2 rings (SSSR count). The van der Waals surface area contributed by atoms with Gasteiger partial charge in [0.15, 0.2) is 17.3 Å². The summed E-state index contributed by atoms with van der Waals surface area (Å²) in [6.07, 6.45) is -1.66. The standard InChI is InChI=1S/C70H123N9O15/c1-25-49-35-57(82)61(62(84)45(14)27-26-28-58(83)71-37-50-38-93-29-30-94-50)79(24)70(92)60(44(12)13)78(23)68(90)54(33-41(6)7)76(21)69(91)59(43(10)11)77(22)64(86)47(16)72-63(85)46(15)34-55(80)52(31-39(2)3)75(20)67(89)51(42(8)9)36-56(81)53(32-40(4)5)74(19)65(87)48(17)73(18)66(49)88/h39-54,59-62,84H,25-38H2,1-24H3,(H,71,83)(H,72,85)/t45-,46+,47+,48-,49+,50?,51-,52-,53+,54-,59?,60-,61+,62-/m1/s1. The number of carbonyl (C=O) groups is 12. The second kappa shape index (κ2) is 38.8. The Kier molecular flexibility index (Phi) is 34.7. The van der Waals surface area contributed by atoms with Crippen LogP contribution in [0.25, 0.3) is 0 Å². The van der Waals surface area contributed by atoms with Crippen LogP contribution in [-0.2, 0) is 67.0 Å². The largest absolute Gasteiger partial charge is 0.390 e. The Hall–Kier alpha value is -5.88. The lowest BCUT2D eigenvalue weighted by molar-refractivity contribution is -0.157. The highest BCUT2D eigenvalue weighted by Gasteiger charge is 2.46. The van der Waals surface area contributed by atoms with Crippen molar-refractivity contribution in [3.8, 4) is 0 Å². The van der Waals surface area contributed by atoms with Gasteiger partial charge in [0.2, 0.25) is 53.2 Å². The zero-order valence-corrected chi connectivity index (χ0v) is 61.7. The molecule has 2 saturated heterocycles. The Labute approximate surface area is 562 Å².